The zero-order chi connectivity index (χ0) is 19.2. The van der Waals surface area contributed by atoms with Crippen LogP contribution in [-0.4, -0.2) is 54.6 Å². The quantitative estimate of drug-likeness (QED) is 0.736. The Morgan fingerprint density at radius 3 is 2.74 bits per heavy atom. The molecule has 3 heterocycles. The first-order valence-corrected chi connectivity index (χ1v) is 10.5. The van der Waals surface area contributed by atoms with Crippen LogP contribution in [0.4, 0.5) is 0 Å². The molecule has 0 aromatic carbocycles. The monoisotopic (exact) mass is 368 g/mol. The van der Waals surface area contributed by atoms with E-state index in [1.165, 1.54) is 54.6 Å². The number of unbranched alkanes of at least 4 members (excludes halogenated alkanes) is 1. The third-order valence-electron chi connectivity index (χ3n) is 5.93. The number of nitrogens with one attached hydrogen (secondary N) is 1. The van der Waals surface area contributed by atoms with Crippen LogP contribution < -0.4 is 5.32 Å². The molecule has 1 aromatic heterocycles. The van der Waals surface area contributed by atoms with Crippen LogP contribution in [0.2, 0.25) is 0 Å². The minimum atomic E-state index is 0.428. The molecule has 148 valence electrons. The lowest BCUT2D eigenvalue weighted by atomic mass is 9.88. The lowest BCUT2D eigenvalue weighted by Crippen LogP contribution is -2.47. The SMILES string of the molecule is CC1=C([C@H]2CCC[C@@H](c3ncccc3C)N2CCCCN(C)C)NCC=C1. The van der Waals surface area contributed by atoms with E-state index in [0.717, 1.165) is 19.6 Å². The highest BCUT2D eigenvalue weighted by atomic mass is 15.2. The molecule has 2 atom stereocenters. The molecule has 0 spiro atoms. The van der Waals surface area contributed by atoms with Crippen molar-refractivity contribution < 1.29 is 0 Å². The van der Waals surface area contributed by atoms with Gasteiger partial charge in [-0.25, -0.2) is 0 Å². The number of pyridine rings is 1. The number of nitrogens with zero attached hydrogens (tertiary/aromatic N) is 3. The fourth-order valence-electron chi connectivity index (χ4n) is 4.55. The van der Waals surface area contributed by atoms with Crippen LogP contribution in [-0.2, 0) is 0 Å². The number of hydrogen-bond acceptors (Lipinski definition) is 4. The van der Waals surface area contributed by atoms with E-state index in [4.69, 9.17) is 4.98 Å². The summed E-state index contributed by atoms with van der Waals surface area (Å²) in [5.74, 6) is 0. The fraction of sp³-hybridized carbons (Fsp3) is 0.609. The van der Waals surface area contributed by atoms with Crippen LogP contribution in [0.25, 0.3) is 0 Å². The van der Waals surface area contributed by atoms with Gasteiger partial charge in [0.05, 0.1) is 17.8 Å². The Morgan fingerprint density at radius 2 is 2.00 bits per heavy atom. The molecule has 0 aliphatic carbocycles. The Morgan fingerprint density at radius 1 is 1.19 bits per heavy atom. The number of likely N-dealkylation sites (tertiary alicyclic amines) is 1. The second-order valence-electron chi connectivity index (χ2n) is 8.30. The molecule has 0 unspecified atom stereocenters. The molecule has 1 N–H and O–H groups in total. The molecular weight excluding hydrogens is 332 g/mol. The third-order valence-corrected chi connectivity index (χ3v) is 5.93. The van der Waals surface area contributed by atoms with E-state index in [2.05, 4.69) is 67.3 Å². The molecule has 0 bridgehead atoms. The van der Waals surface area contributed by atoms with Crippen LogP contribution in [0.5, 0.6) is 0 Å². The summed E-state index contributed by atoms with van der Waals surface area (Å²) in [6, 6.07) is 5.18. The molecule has 1 aromatic rings. The number of aryl methyl sites for hydroxylation is 1. The van der Waals surface area contributed by atoms with E-state index < -0.39 is 0 Å². The zero-order valence-electron chi connectivity index (χ0n) is 17.5. The molecule has 4 heteroatoms. The topological polar surface area (TPSA) is 31.4 Å². The predicted molar refractivity (Wildman–Crippen MR) is 114 cm³/mol. The van der Waals surface area contributed by atoms with Gasteiger partial charge in [-0.15, -0.1) is 0 Å². The summed E-state index contributed by atoms with van der Waals surface area (Å²) in [5, 5.41) is 3.69. The average molecular weight is 369 g/mol. The molecule has 0 radical (unpaired) electrons. The minimum Gasteiger partial charge on any atom is -0.383 e. The van der Waals surface area contributed by atoms with Crippen LogP contribution in [0, 0.1) is 6.92 Å². The highest BCUT2D eigenvalue weighted by Gasteiger charge is 2.35. The summed E-state index contributed by atoms with van der Waals surface area (Å²) in [5.41, 5.74) is 5.43. The van der Waals surface area contributed by atoms with E-state index in [9.17, 15) is 0 Å². The molecule has 2 aliphatic rings. The maximum absolute atomic E-state index is 4.81. The standard InChI is InChI=1S/C23H36N4/c1-18-10-8-14-24-22(18)20-12-7-13-21(23-19(2)11-9-15-25-23)27(20)17-6-5-16-26(3)4/h8-11,14,20-21,25H,5-7,12-13,15-17H2,1-4H3/t20-,21+/m0/s1. The summed E-state index contributed by atoms with van der Waals surface area (Å²) in [4.78, 5) is 9.84. The lowest BCUT2D eigenvalue weighted by molar-refractivity contribution is 0.0917. The van der Waals surface area contributed by atoms with E-state index in [0.29, 0.717) is 12.1 Å². The van der Waals surface area contributed by atoms with Gasteiger partial charge in [0.2, 0.25) is 0 Å². The first-order valence-electron chi connectivity index (χ1n) is 10.5. The van der Waals surface area contributed by atoms with Crippen molar-refractivity contribution in [1.29, 1.82) is 0 Å². The Balaban J connectivity index is 1.85. The molecule has 27 heavy (non-hydrogen) atoms. The Hall–Kier alpha value is -1.65. The first kappa shape index (κ1) is 20.1. The summed E-state index contributed by atoms with van der Waals surface area (Å²) in [7, 11) is 4.33. The van der Waals surface area contributed by atoms with E-state index >= 15 is 0 Å². The van der Waals surface area contributed by atoms with Crippen LogP contribution in [0.3, 0.4) is 0 Å². The number of piperidine rings is 1. The summed E-state index contributed by atoms with van der Waals surface area (Å²) >= 11 is 0. The van der Waals surface area contributed by atoms with Gasteiger partial charge in [-0.2, -0.15) is 0 Å². The molecule has 4 nitrogen and oxygen atoms in total. The van der Waals surface area contributed by atoms with Crippen molar-refractivity contribution in [2.24, 2.45) is 0 Å². The Bertz CT molecular complexity index is 677. The van der Waals surface area contributed by atoms with Crippen molar-refractivity contribution in [2.45, 2.75) is 58.0 Å². The molecule has 0 saturated carbocycles. The van der Waals surface area contributed by atoms with Crippen LogP contribution in [0.1, 0.15) is 56.3 Å². The molecule has 3 rings (SSSR count). The van der Waals surface area contributed by atoms with Gasteiger partial charge in [-0.05, 0) is 90.3 Å². The molecule has 2 aliphatic heterocycles. The number of aromatic nitrogens is 1. The van der Waals surface area contributed by atoms with E-state index in [1.54, 1.807) is 0 Å². The van der Waals surface area contributed by atoms with Crippen molar-refractivity contribution in [3.8, 4) is 0 Å². The van der Waals surface area contributed by atoms with Gasteiger partial charge in [-0.3, -0.25) is 9.88 Å². The van der Waals surface area contributed by atoms with Crippen molar-refractivity contribution in [3.63, 3.8) is 0 Å². The Labute approximate surface area is 165 Å². The first-order chi connectivity index (χ1) is 13.1. The Kier molecular flexibility index (Phi) is 7.08. The van der Waals surface area contributed by atoms with Gasteiger partial charge in [-0.1, -0.05) is 18.2 Å². The van der Waals surface area contributed by atoms with E-state index in [1.807, 2.05) is 6.20 Å². The summed E-state index contributed by atoms with van der Waals surface area (Å²) < 4.78 is 0. The lowest BCUT2D eigenvalue weighted by Gasteiger charge is -2.44. The van der Waals surface area contributed by atoms with Gasteiger partial charge < -0.3 is 10.2 Å². The number of hydrogen-bond donors (Lipinski definition) is 1. The minimum absolute atomic E-state index is 0.428. The second kappa shape index (κ2) is 9.52. The normalized spacial score (nSPS) is 23.7. The number of dihydropyridines is 1. The number of rotatable bonds is 7. The third kappa shape index (κ3) is 4.99. The molecule has 1 saturated heterocycles. The average Bonchev–Trinajstić information content (AvgIpc) is 2.66. The van der Waals surface area contributed by atoms with Crippen LogP contribution >= 0.6 is 0 Å². The second-order valence-corrected chi connectivity index (χ2v) is 8.30. The molecule has 1 fully saturated rings. The maximum Gasteiger partial charge on any atom is 0.0604 e. The summed E-state index contributed by atoms with van der Waals surface area (Å²) in [6.45, 7) is 7.71. The van der Waals surface area contributed by atoms with Crippen LogP contribution in [0.15, 0.2) is 41.8 Å². The zero-order valence-corrected chi connectivity index (χ0v) is 17.5. The van der Waals surface area contributed by atoms with Gasteiger partial charge in [0.25, 0.3) is 0 Å². The van der Waals surface area contributed by atoms with Crippen molar-refractivity contribution in [2.75, 3.05) is 33.7 Å². The maximum atomic E-state index is 4.81. The fourth-order valence-corrected chi connectivity index (χ4v) is 4.55. The van der Waals surface area contributed by atoms with E-state index in [-0.39, 0.29) is 0 Å². The number of allylic oxidation sites excluding steroid dienone is 2. The molecule has 0 amide bonds. The predicted octanol–water partition coefficient (Wildman–Crippen LogP) is 4.06. The van der Waals surface area contributed by atoms with Crippen molar-refractivity contribution in [1.82, 2.24) is 20.1 Å². The molecular formula is C23H36N4. The largest absolute Gasteiger partial charge is 0.383 e. The van der Waals surface area contributed by atoms with Gasteiger partial charge in [0.15, 0.2) is 0 Å². The van der Waals surface area contributed by atoms with Crippen molar-refractivity contribution in [3.05, 3.63) is 53.0 Å². The van der Waals surface area contributed by atoms with Gasteiger partial charge in [0.1, 0.15) is 0 Å². The smallest absolute Gasteiger partial charge is 0.0604 e. The van der Waals surface area contributed by atoms with Crippen molar-refractivity contribution >= 4 is 0 Å². The van der Waals surface area contributed by atoms with Gasteiger partial charge in [0, 0.05) is 18.4 Å². The highest BCUT2D eigenvalue weighted by Crippen LogP contribution is 2.38. The van der Waals surface area contributed by atoms with Gasteiger partial charge >= 0.3 is 0 Å². The summed E-state index contributed by atoms with van der Waals surface area (Å²) in [6.07, 6.45) is 12.7. The highest BCUT2D eigenvalue weighted by molar-refractivity contribution is 5.32.